The van der Waals surface area contributed by atoms with Gasteiger partial charge in [-0.15, -0.1) is 0 Å². The van der Waals surface area contributed by atoms with Gasteiger partial charge in [-0.1, -0.05) is 6.58 Å². The molecule has 15 heavy (non-hydrogen) atoms. The van der Waals surface area contributed by atoms with Gasteiger partial charge < -0.3 is 9.84 Å². The Morgan fingerprint density at radius 3 is 2.33 bits per heavy atom. The number of aliphatic hydroxyl groups excluding tert-OH is 1. The van der Waals surface area contributed by atoms with Gasteiger partial charge in [0.2, 0.25) is 0 Å². The van der Waals surface area contributed by atoms with Crippen LogP contribution in [0.4, 0.5) is 13.2 Å². The number of alkyl halides is 3. The number of ether oxygens (including phenoxy) is 1. The first kappa shape index (κ1) is 14.0. The molecule has 0 aromatic carbocycles. The van der Waals surface area contributed by atoms with Crippen molar-refractivity contribution in [3.05, 3.63) is 12.2 Å². The van der Waals surface area contributed by atoms with Gasteiger partial charge in [-0.25, -0.2) is 4.79 Å². The van der Waals surface area contributed by atoms with Gasteiger partial charge in [0.1, 0.15) is 6.10 Å². The number of hydrogen-bond donors (Lipinski definition) is 1. The summed E-state index contributed by atoms with van der Waals surface area (Å²) in [7, 11) is 0. The van der Waals surface area contributed by atoms with Gasteiger partial charge in [0, 0.05) is 12.0 Å². The molecular formula is C9H13F3O3. The van der Waals surface area contributed by atoms with Gasteiger partial charge in [-0.3, -0.25) is 0 Å². The minimum atomic E-state index is -4.69. The first-order valence-corrected chi connectivity index (χ1v) is 4.26. The minimum Gasteiger partial charge on any atom is -0.459 e. The van der Waals surface area contributed by atoms with Crippen LogP contribution >= 0.6 is 0 Å². The van der Waals surface area contributed by atoms with Gasteiger partial charge in [0.25, 0.3) is 0 Å². The second kappa shape index (κ2) is 5.16. The monoisotopic (exact) mass is 226 g/mol. The Hall–Kier alpha value is -1.04. The molecule has 0 fully saturated rings. The standard InChI is InChI=1S/C9H13F3O3/c1-5(2)8(14)15-6(3)4-7(13)9(10,11)12/h6-7,13H,1,4H2,2-3H3. The van der Waals surface area contributed by atoms with Crippen molar-refractivity contribution >= 4 is 5.97 Å². The Labute approximate surface area is 85.5 Å². The van der Waals surface area contributed by atoms with Crippen LogP contribution in [0.15, 0.2) is 12.2 Å². The largest absolute Gasteiger partial charge is 0.459 e. The van der Waals surface area contributed by atoms with E-state index >= 15 is 0 Å². The van der Waals surface area contributed by atoms with E-state index in [4.69, 9.17) is 5.11 Å². The third-order valence-corrected chi connectivity index (χ3v) is 1.59. The van der Waals surface area contributed by atoms with E-state index in [1.54, 1.807) is 0 Å². The Morgan fingerprint density at radius 1 is 1.53 bits per heavy atom. The topological polar surface area (TPSA) is 46.5 Å². The molecule has 0 spiro atoms. The average Bonchev–Trinajstić information content (AvgIpc) is 2.01. The maximum atomic E-state index is 11.9. The highest BCUT2D eigenvalue weighted by Gasteiger charge is 2.39. The molecule has 0 aliphatic heterocycles. The highest BCUT2D eigenvalue weighted by Crippen LogP contribution is 2.23. The SMILES string of the molecule is C=C(C)C(=O)OC(C)CC(O)C(F)(F)F. The molecule has 2 atom stereocenters. The van der Waals surface area contributed by atoms with E-state index in [1.165, 1.54) is 13.8 Å². The van der Waals surface area contributed by atoms with Crippen molar-refractivity contribution in [1.29, 1.82) is 0 Å². The van der Waals surface area contributed by atoms with Crippen LogP contribution < -0.4 is 0 Å². The van der Waals surface area contributed by atoms with Crippen LogP contribution in [0.1, 0.15) is 20.3 Å². The zero-order valence-corrected chi connectivity index (χ0v) is 8.47. The molecule has 3 nitrogen and oxygen atoms in total. The lowest BCUT2D eigenvalue weighted by atomic mass is 10.1. The molecule has 0 aromatic rings. The molecule has 0 saturated carbocycles. The Bertz CT molecular complexity index is 247. The van der Waals surface area contributed by atoms with E-state index in [0.29, 0.717) is 0 Å². The molecule has 2 unspecified atom stereocenters. The third kappa shape index (κ3) is 5.41. The summed E-state index contributed by atoms with van der Waals surface area (Å²) >= 11 is 0. The van der Waals surface area contributed by atoms with Crippen molar-refractivity contribution in [2.45, 2.75) is 38.7 Å². The van der Waals surface area contributed by atoms with E-state index in [9.17, 15) is 18.0 Å². The molecule has 0 rings (SSSR count). The molecule has 0 heterocycles. The number of aliphatic hydroxyl groups is 1. The maximum absolute atomic E-state index is 11.9. The van der Waals surface area contributed by atoms with E-state index in [0.717, 1.165) is 0 Å². The molecule has 0 amide bonds. The summed E-state index contributed by atoms with van der Waals surface area (Å²) in [6.45, 7) is 5.93. The van der Waals surface area contributed by atoms with Crippen LogP contribution in [-0.4, -0.2) is 29.5 Å². The molecular weight excluding hydrogens is 213 g/mol. The van der Waals surface area contributed by atoms with Gasteiger partial charge >= 0.3 is 12.1 Å². The predicted molar refractivity (Wildman–Crippen MR) is 47.0 cm³/mol. The van der Waals surface area contributed by atoms with Crippen LogP contribution in [0, 0.1) is 0 Å². The van der Waals surface area contributed by atoms with Crippen LogP contribution in [0.3, 0.4) is 0 Å². The highest BCUT2D eigenvalue weighted by atomic mass is 19.4. The fraction of sp³-hybridized carbons (Fsp3) is 0.667. The van der Waals surface area contributed by atoms with Crippen molar-refractivity contribution in [3.63, 3.8) is 0 Å². The Kier molecular flexibility index (Phi) is 4.80. The molecule has 0 saturated heterocycles. The summed E-state index contributed by atoms with van der Waals surface area (Å²) in [4.78, 5) is 10.9. The van der Waals surface area contributed by atoms with Gasteiger partial charge in [0.15, 0.2) is 6.10 Å². The number of carbonyl (C=O) groups is 1. The van der Waals surface area contributed by atoms with Crippen molar-refractivity contribution < 1.29 is 27.8 Å². The van der Waals surface area contributed by atoms with Gasteiger partial charge in [-0.05, 0) is 13.8 Å². The van der Waals surface area contributed by atoms with Gasteiger partial charge in [-0.2, -0.15) is 13.2 Å². The number of hydrogen-bond acceptors (Lipinski definition) is 3. The summed E-state index contributed by atoms with van der Waals surface area (Å²) in [6, 6.07) is 0. The van der Waals surface area contributed by atoms with Crippen molar-refractivity contribution in [2.24, 2.45) is 0 Å². The summed E-state index contributed by atoms with van der Waals surface area (Å²) in [5, 5.41) is 8.67. The van der Waals surface area contributed by atoms with Crippen LogP contribution in [0.25, 0.3) is 0 Å². The smallest absolute Gasteiger partial charge is 0.414 e. The first-order valence-electron chi connectivity index (χ1n) is 4.26. The molecule has 0 bridgehead atoms. The summed E-state index contributed by atoms with van der Waals surface area (Å²) in [6.07, 6.45) is -8.86. The Morgan fingerprint density at radius 2 is 2.00 bits per heavy atom. The lowest BCUT2D eigenvalue weighted by Crippen LogP contribution is -2.33. The average molecular weight is 226 g/mol. The van der Waals surface area contributed by atoms with Crippen molar-refractivity contribution in [1.82, 2.24) is 0 Å². The second-order valence-corrected chi connectivity index (χ2v) is 3.29. The summed E-state index contributed by atoms with van der Waals surface area (Å²) in [5.41, 5.74) is 0.100. The number of halogens is 3. The predicted octanol–water partition coefficient (Wildman–Crippen LogP) is 1.81. The first-order chi connectivity index (χ1) is 6.64. The quantitative estimate of drug-likeness (QED) is 0.587. The second-order valence-electron chi connectivity index (χ2n) is 3.29. The number of esters is 1. The zero-order chi connectivity index (χ0) is 12.2. The normalized spacial score (nSPS) is 15.6. The molecule has 6 heteroatoms. The van der Waals surface area contributed by atoms with Crippen LogP contribution in [0.2, 0.25) is 0 Å². The van der Waals surface area contributed by atoms with E-state index < -0.39 is 30.8 Å². The molecule has 0 radical (unpaired) electrons. The number of rotatable bonds is 4. The minimum absolute atomic E-state index is 0.100. The summed E-state index contributed by atoms with van der Waals surface area (Å²) < 4.78 is 40.3. The van der Waals surface area contributed by atoms with Crippen molar-refractivity contribution in [2.75, 3.05) is 0 Å². The lowest BCUT2D eigenvalue weighted by molar-refractivity contribution is -0.212. The highest BCUT2D eigenvalue weighted by molar-refractivity contribution is 5.87. The molecule has 0 aliphatic carbocycles. The van der Waals surface area contributed by atoms with E-state index in [1.807, 2.05) is 0 Å². The van der Waals surface area contributed by atoms with E-state index in [-0.39, 0.29) is 5.57 Å². The van der Waals surface area contributed by atoms with Crippen LogP contribution in [-0.2, 0) is 9.53 Å². The fourth-order valence-corrected chi connectivity index (χ4v) is 0.779. The molecule has 1 N–H and O–H groups in total. The van der Waals surface area contributed by atoms with E-state index in [2.05, 4.69) is 11.3 Å². The zero-order valence-electron chi connectivity index (χ0n) is 8.47. The third-order valence-electron chi connectivity index (χ3n) is 1.59. The molecule has 88 valence electrons. The van der Waals surface area contributed by atoms with Crippen LogP contribution in [0.5, 0.6) is 0 Å². The van der Waals surface area contributed by atoms with Crippen molar-refractivity contribution in [3.8, 4) is 0 Å². The Balaban J connectivity index is 4.10. The fourth-order valence-electron chi connectivity index (χ4n) is 0.779. The molecule has 0 aliphatic rings. The maximum Gasteiger partial charge on any atom is 0.414 e. The molecule has 0 aromatic heterocycles. The number of carbonyl (C=O) groups excluding carboxylic acids is 1. The summed E-state index contributed by atoms with van der Waals surface area (Å²) in [5.74, 6) is -0.767. The van der Waals surface area contributed by atoms with Gasteiger partial charge in [0.05, 0.1) is 0 Å². The lowest BCUT2D eigenvalue weighted by Gasteiger charge is -2.19.